The Morgan fingerprint density at radius 2 is 1.63 bits per heavy atom. The number of benzene rings is 2. The van der Waals surface area contributed by atoms with Crippen LogP contribution in [0.1, 0.15) is 11.1 Å². The van der Waals surface area contributed by atoms with Gasteiger partial charge >= 0.3 is 0 Å². The molecule has 0 heterocycles. The third-order valence-electron chi connectivity index (χ3n) is 4.22. The van der Waals surface area contributed by atoms with Crippen LogP contribution in [-0.4, -0.2) is 38.3 Å². The molecule has 30 heavy (non-hydrogen) atoms. The van der Waals surface area contributed by atoms with Crippen LogP contribution in [0.5, 0.6) is 5.75 Å². The van der Waals surface area contributed by atoms with Gasteiger partial charge in [0.2, 0.25) is 10.0 Å². The summed E-state index contributed by atoms with van der Waals surface area (Å²) in [6.45, 7) is 11.1. The van der Waals surface area contributed by atoms with Gasteiger partial charge in [-0.25, -0.2) is 8.42 Å². The van der Waals surface area contributed by atoms with Crippen LogP contribution in [-0.2, 0) is 14.8 Å². The Balaban J connectivity index is 2.02. The summed E-state index contributed by atoms with van der Waals surface area (Å²) in [5.74, 6) is 0.186. The van der Waals surface area contributed by atoms with Crippen molar-refractivity contribution in [2.45, 2.75) is 18.7 Å². The molecule has 2 aromatic carbocycles. The second-order valence-corrected chi connectivity index (χ2v) is 8.95. The highest BCUT2D eigenvalue weighted by Crippen LogP contribution is 2.26. The minimum absolute atomic E-state index is 0.118. The molecule has 0 atom stereocenters. The molecule has 0 unspecified atom stereocenters. The molecule has 0 radical (unpaired) electrons. The molecule has 0 saturated heterocycles. The molecule has 0 aliphatic carbocycles. The van der Waals surface area contributed by atoms with Gasteiger partial charge in [0.15, 0.2) is 6.61 Å². The molecule has 0 aromatic heterocycles. The van der Waals surface area contributed by atoms with Gasteiger partial charge in [-0.3, -0.25) is 4.79 Å². The topological polar surface area (TPSA) is 75.7 Å². The fraction of sp³-hybridized carbons (Fsp3) is 0.227. The first-order valence-electron chi connectivity index (χ1n) is 9.20. The summed E-state index contributed by atoms with van der Waals surface area (Å²) in [6, 6.07) is 9.47. The van der Waals surface area contributed by atoms with Crippen molar-refractivity contribution in [2.24, 2.45) is 0 Å². The number of rotatable bonds is 10. The van der Waals surface area contributed by atoms with Crippen molar-refractivity contribution >= 4 is 33.2 Å². The van der Waals surface area contributed by atoms with Crippen LogP contribution in [0.3, 0.4) is 0 Å². The lowest BCUT2D eigenvalue weighted by molar-refractivity contribution is -0.118. The Morgan fingerprint density at radius 3 is 2.13 bits per heavy atom. The number of amides is 1. The predicted molar refractivity (Wildman–Crippen MR) is 121 cm³/mol. The van der Waals surface area contributed by atoms with Gasteiger partial charge < -0.3 is 10.1 Å². The lowest BCUT2D eigenvalue weighted by Crippen LogP contribution is -2.31. The fourth-order valence-electron chi connectivity index (χ4n) is 2.75. The van der Waals surface area contributed by atoms with E-state index in [1.807, 2.05) is 13.8 Å². The van der Waals surface area contributed by atoms with Crippen molar-refractivity contribution in [3.8, 4) is 5.75 Å². The smallest absolute Gasteiger partial charge is 0.262 e. The zero-order chi connectivity index (χ0) is 22.3. The number of ether oxygens (including phenoxy) is 1. The summed E-state index contributed by atoms with van der Waals surface area (Å²) in [5.41, 5.74) is 2.20. The van der Waals surface area contributed by atoms with Gasteiger partial charge in [-0.15, -0.1) is 13.2 Å². The van der Waals surface area contributed by atoms with Crippen LogP contribution >= 0.6 is 11.6 Å². The maximum atomic E-state index is 12.7. The minimum Gasteiger partial charge on any atom is -0.484 e. The first kappa shape index (κ1) is 23.7. The lowest BCUT2D eigenvalue weighted by atomic mass is 10.1. The van der Waals surface area contributed by atoms with E-state index in [1.54, 1.807) is 12.1 Å². The minimum atomic E-state index is -3.69. The SMILES string of the molecule is C=CCN(CC=C)S(=O)(=O)c1ccc(NC(=O)COc2cc(C)c(Cl)c(C)c2)cc1. The molecule has 0 saturated carbocycles. The maximum absolute atomic E-state index is 12.7. The highest BCUT2D eigenvalue weighted by atomic mass is 35.5. The van der Waals surface area contributed by atoms with Crippen molar-refractivity contribution in [1.82, 2.24) is 4.31 Å². The first-order valence-corrected chi connectivity index (χ1v) is 11.0. The zero-order valence-electron chi connectivity index (χ0n) is 17.0. The monoisotopic (exact) mass is 448 g/mol. The van der Waals surface area contributed by atoms with E-state index in [4.69, 9.17) is 16.3 Å². The number of hydrogen-bond acceptors (Lipinski definition) is 4. The molecular weight excluding hydrogens is 424 g/mol. The Bertz CT molecular complexity index is 1000. The Hall–Kier alpha value is -2.61. The zero-order valence-corrected chi connectivity index (χ0v) is 18.6. The normalized spacial score (nSPS) is 11.2. The summed E-state index contributed by atoms with van der Waals surface area (Å²) in [7, 11) is -3.69. The van der Waals surface area contributed by atoms with E-state index in [9.17, 15) is 13.2 Å². The van der Waals surface area contributed by atoms with E-state index in [0.717, 1.165) is 11.1 Å². The molecule has 2 rings (SSSR count). The number of nitrogens with zero attached hydrogens (tertiary/aromatic N) is 1. The molecule has 1 amide bonds. The Kier molecular flexibility index (Phi) is 8.23. The van der Waals surface area contributed by atoms with Gasteiger partial charge in [-0.2, -0.15) is 4.31 Å². The first-order chi connectivity index (χ1) is 14.2. The van der Waals surface area contributed by atoms with E-state index >= 15 is 0 Å². The number of anilines is 1. The van der Waals surface area contributed by atoms with Crippen molar-refractivity contribution < 1.29 is 17.9 Å². The van der Waals surface area contributed by atoms with E-state index < -0.39 is 10.0 Å². The van der Waals surface area contributed by atoms with Gasteiger partial charge in [0, 0.05) is 23.8 Å². The van der Waals surface area contributed by atoms with Gasteiger partial charge in [-0.1, -0.05) is 23.8 Å². The predicted octanol–water partition coefficient (Wildman–Crippen LogP) is 4.34. The molecule has 6 nitrogen and oxygen atoms in total. The molecular formula is C22H25ClN2O4S. The molecule has 8 heteroatoms. The number of halogens is 1. The number of nitrogens with one attached hydrogen (secondary N) is 1. The number of carbonyl (C=O) groups is 1. The van der Waals surface area contributed by atoms with Crippen LogP contribution in [0.25, 0.3) is 0 Å². The van der Waals surface area contributed by atoms with Crippen molar-refractivity contribution in [3.63, 3.8) is 0 Å². The Morgan fingerprint density at radius 1 is 1.10 bits per heavy atom. The van der Waals surface area contributed by atoms with E-state index in [0.29, 0.717) is 16.5 Å². The van der Waals surface area contributed by atoms with Crippen molar-refractivity contribution in [1.29, 1.82) is 0 Å². The van der Waals surface area contributed by atoms with E-state index in [1.165, 1.54) is 40.7 Å². The number of hydrogen-bond donors (Lipinski definition) is 1. The quantitative estimate of drug-likeness (QED) is 0.548. The largest absolute Gasteiger partial charge is 0.484 e. The average Bonchev–Trinajstić information content (AvgIpc) is 2.70. The fourth-order valence-corrected chi connectivity index (χ4v) is 4.24. The van der Waals surface area contributed by atoms with E-state index in [-0.39, 0.29) is 30.5 Å². The van der Waals surface area contributed by atoms with Crippen LogP contribution in [0.15, 0.2) is 66.6 Å². The van der Waals surface area contributed by atoms with Crippen molar-refractivity contribution in [2.75, 3.05) is 25.0 Å². The molecule has 0 spiro atoms. The number of aryl methyl sites for hydroxylation is 2. The lowest BCUT2D eigenvalue weighted by Gasteiger charge is -2.19. The highest BCUT2D eigenvalue weighted by molar-refractivity contribution is 7.89. The second-order valence-electron chi connectivity index (χ2n) is 6.63. The molecule has 1 N–H and O–H groups in total. The molecule has 2 aromatic rings. The maximum Gasteiger partial charge on any atom is 0.262 e. The molecule has 0 aliphatic heterocycles. The summed E-state index contributed by atoms with van der Waals surface area (Å²) >= 11 is 6.13. The third-order valence-corrected chi connectivity index (χ3v) is 6.66. The molecule has 0 aliphatic rings. The van der Waals surface area contributed by atoms with Crippen molar-refractivity contribution in [3.05, 3.63) is 77.9 Å². The standard InChI is InChI=1S/C22H25ClN2O4S/c1-5-11-25(12-6-2)30(27,28)20-9-7-18(8-10-20)24-21(26)15-29-19-13-16(3)22(23)17(4)14-19/h5-10,13-14H,1-2,11-12,15H2,3-4H3,(H,24,26). The van der Waals surface area contributed by atoms with Gasteiger partial charge in [-0.05, 0) is 61.4 Å². The van der Waals surface area contributed by atoms with Gasteiger partial charge in [0.1, 0.15) is 5.75 Å². The third kappa shape index (κ3) is 5.95. The number of sulfonamides is 1. The Labute approximate surface area is 182 Å². The van der Waals surface area contributed by atoms with Gasteiger partial charge in [0.05, 0.1) is 4.90 Å². The van der Waals surface area contributed by atoms with E-state index in [2.05, 4.69) is 18.5 Å². The molecule has 160 valence electrons. The molecule has 0 bridgehead atoms. The van der Waals surface area contributed by atoms with Crippen LogP contribution in [0.2, 0.25) is 5.02 Å². The second kappa shape index (κ2) is 10.4. The summed E-state index contributed by atoms with van der Waals surface area (Å²) < 4.78 is 32.2. The van der Waals surface area contributed by atoms with Crippen LogP contribution < -0.4 is 10.1 Å². The summed E-state index contributed by atoms with van der Waals surface area (Å²) in [5, 5.41) is 3.35. The summed E-state index contributed by atoms with van der Waals surface area (Å²) in [4.78, 5) is 12.3. The average molecular weight is 449 g/mol. The van der Waals surface area contributed by atoms with Gasteiger partial charge in [0.25, 0.3) is 5.91 Å². The number of carbonyl (C=O) groups excluding carboxylic acids is 1. The highest BCUT2D eigenvalue weighted by Gasteiger charge is 2.22. The molecule has 0 fully saturated rings. The summed E-state index contributed by atoms with van der Waals surface area (Å²) in [6.07, 6.45) is 3.03. The van der Waals surface area contributed by atoms with Crippen LogP contribution in [0.4, 0.5) is 5.69 Å². The van der Waals surface area contributed by atoms with Crippen LogP contribution in [0, 0.1) is 13.8 Å².